The van der Waals surface area contributed by atoms with Crippen LogP contribution in [0.4, 0.5) is 4.79 Å². The molecule has 1 fully saturated rings. The van der Waals surface area contributed by atoms with E-state index in [2.05, 4.69) is 24.5 Å². The third-order valence-electron chi connectivity index (χ3n) is 3.78. The van der Waals surface area contributed by atoms with Crippen LogP contribution in [0.2, 0.25) is 0 Å². The molecule has 0 aliphatic heterocycles. The third kappa shape index (κ3) is 7.13. The standard InChI is InChI=1S/C16H32N2O2/c1-12(2)14(18-15(19)20-16(3,4)5)11-17-10-13-8-6-7-9-13/h12-14,17H,6-11H2,1-5H3,(H,18,19). The van der Waals surface area contributed by atoms with Crippen LogP contribution in [0.1, 0.15) is 60.3 Å². The Morgan fingerprint density at radius 1 is 1.25 bits per heavy atom. The molecule has 0 spiro atoms. The monoisotopic (exact) mass is 284 g/mol. The van der Waals surface area contributed by atoms with E-state index in [0.29, 0.717) is 5.92 Å². The number of amides is 1. The van der Waals surface area contributed by atoms with E-state index in [-0.39, 0.29) is 12.1 Å². The highest BCUT2D eigenvalue weighted by molar-refractivity contribution is 5.68. The molecule has 1 amide bonds. The van der Waals surface area contributed by atoms with Crippen LogP contribution in [-0.2, 0) is 4.74 Å². The molecule has 1 rings (SSSR count). The molecule has 1 aliphatic carbocycles. The molecule has 118 valence electrons. The predicted octanol–water partition coefficient (Wildman–Crippen LogP) is 3.32. The molecule has 0 heterocycles. The van der Waals surface area contributed by atoms with Crippen molar-refractivity contribution in [1.82, 2.24) is 10.6 Å². The maximum atomic E-state index is 11.8. The minimum Gasteiger partial charge on any atom is -0.444 e. The Balaban J connectivity index is 2.30. The lowest BCUT2D eigenvalue weighted by molar-refractivity contribution is 0.0490. The predicted molar refractivity (Wildman–Crippen MR) is 82.8 cm³/mol. The summed E-state index contributed by atoms with van der Waals surface area (Å²) in [5, 5.41) is 6.48. The minimum atomic E-state index is -0.442. The summed E-state index contributed by atoms with van der Waals surface area (Å²) in [6.45, 7) is 11.8. The van der Waals surface area contributed by atoms with Gasteiger partial charge in [-0.05, 0) is 52.0 Å². The number of hydrogen-bond acceptors (Lipinski definition) is 3. The largest absolute Gasteiger partial charge is 0.444 e. The van der Waals surface area contributed by atoms with Gasteiger partial charge >= 0.3 is 6.09 Å². The zero-order chi connectivity index (χ0) is 15.2. The van der Waals surface area contributed by atoms with Gasteiger partial charge in [0, 0.05) is 12.6 Å². The summed E-state index contributed by atoms with van der Waals surface area (Å²) in [5.41, 5.74) is -0.442. The van der Waals surface area contributed by atoms with Crippen molar-refractivity contribution in [2.75, 3.05) is 13.1 Å². The van der Waals surface area contributed by atoms with Gasteiger partial charge in [0.2, 0.25) is 0 Å². The first-order chi connectivity index (χ1) is 9.28. The smallest absolute Gasteiger partial charge is 0.407 e. The Morgan fingerprint density at radius 3 is 2.35 bits per heavy atom. The average molecular weight is 284 g/mol. The van der Waals surface area contributed by atoms with E-state index in [0.717, 1.165) is 19.0 Å². The summed E-state index contributed by atoms with van der Waals surface area (Å²) in [6.07, 6.45) is 5.11. The van der Waals surface area contributed by atoms with Crippen molar-refractivity contribution in [1.29, 1.82) is 0 Å². The van der Waals surface area contributed by atoms with Crippen LogP contribution in [0, 0.1) is 11.8 Å². The number of nitrogens with one attached hydrogen (secondary N) is 2. The molecule has 20 heavy (non-hydrogen) atoms. The SMILES string of the molecule is CC(C)C(CNCC1CCCC1)NC(=O)OC(C)(C)C. The van der Waals surface area contributed by atoms with Crippen molar-refractivity contribution < 1.29 is 9.53 Å². The second-order valence-electron chi connectivity index (χ2n) is 7.31. The van der Waals surface area contributed by atoms with Crippen molar-refractivity contribution in [3.8, 4) is 0 Å². The summed E-state index contributed by atoms with van der Waals surface area (Å²) >= 11 is 0. The molecule has 4 nitrogen and oxygen atoms in total. The molecule has 2 N–H and O–H groups in total. The molecule has 0 aromatic rings. The fourth-order valence-corrected chi connectivity index (χ4v) is 2.57. The first-order valence-corrected chi connectivity index (χ1v) is 7.98. The Kier molecular flexibility index (Phi) is 6.80. The fraction of sp³-hybridized carbons (Fsp3) is 0.938. The number of rotatable bonds is 6. The van der Waals surface area contributed by atoms with Crippen LogP contribution >= 0.6 is 0 Å². The third-order valence-corrected chi connectivity index (χ3v) is 3.78. The van der Waals surface area contributed by atoms with E-state index in [1.807, 2.05) is 20.8 Å². The Labute approximate surface area is 124 Å². The van der Waals surface area contributed by atoms with Crippen molar-refractivity contribution >= 4 is 6.09 Å². The molecule has 0 aromatic carbocycles. The second-order valence-corrected chi connectivity index (χ2v) is 7.31. The lowest BCUT2D eigenvalue weighted by atomic mass is 10.0. The van der Waals surface area contributed by atoms with Crippen LogP contribution in [-0.4, -0.2) is 30.8 Å². The van der Waals surface area contributed by atoms with Gasteiger partial charge in [-0.3, -0.25) is 0 Å². The molecule has 0 radical (unpaired) electrons. The Hall–Kier alpha value is -0.770. The molecule has 0 saturated heterocycles. The van der Waals surface area contributed by atoms with Gasteiger partial charge in [-0.25, -0.2) is 4.79 Å². The normalized spacial score (nSPS) is 18.3. The zero-order valence-corrected chi connectivity index (χ0v) is 13.8. The number of ether oxygens (including phenoxy) is 1. The van der Waals surface area contributed by atoms with E-state index in [1.165, 1.54) is 25.7 Å². The number of alkyl carbamates (subject to hydrolysis) is 1. The molecule has 0 aromatic heterocycles. The molecule has 1 atom stereocenters. The number of hydrogen-bond donors (Lipinski definition) is 2. The highest BCUT2D eigenvalue weighted by Gasteiger charge is 2.22. The van der Waals surface area contributed by atoms with Gasteiger partial charge in [0.15, 0.2) is 0 Å². The van der Waals surface area contributed by atoms with E-state index in [4.69, 9.17) is 4.74 Å². The van der Waals surface area contributed by atoms with Gasteiger partial charge in [0.05, 0.1) is 0 Å². The van der Waals surface area contributed by atoms with Crippen molar-refractivity contribution in [2.45, 2.75) is 71.9 Å². The van der Waals surface area contributed by atoms with Gasteiger partial charge < -0.3 is 15.4 Å². The summed E-state index contributed by atoms with van der Waals surface area (Å²) < 4.78 is 5.32. The highest BCUT2D eigenvalue weighted by atomic mass is 16.6. The van der Waals surface area contributed by atoms with Crippen molar-refractivity contribution in [3.05, 3.63) is 0 Å². The maximum absolute atomic E-state index is 11.8. The Morgan fingerprint density at radius 2 is 1.85 bits per heavy atom. The molecule has 4 heteroatoms. The van der Waals surface area contributed by atoms with Crippen LogP contribution in [0.15, 0.2) is 0 Å². The minimum absolute atomic E-state index is 0.117. The summed E-state index contributed by atoms with van der Waals surface area (Å²) in [7, 11) is 0. The molecule has 1 saturated carbocycles. The van der Waals surface area contributed by atoms with Crippen LogP contribution < -0.4 is 10.6 Å². The van der Waals surface area contributed by atoms with Crippen LogP contribution in [0.5, 0.6) is 0 Å². The summed E-state index contributed by atoms with van der Waals surface area (Å²) in [4.78, 5) is 11.8. The quantitative estimate of drug-likeness (QED) is 0.786. The lowest BCUT2D eigenvalue weighted by Crippen LogP contribution is -2.47. The van der Waals surface area contributed by atoms with Crippen molar-refractivity contribution in [3.63, 3.8) is 0 Å². The van der Waals surface area contributed by atoms with Gasteiger partial charge in [0.25, 0.3) is 0 Å². The highest BCUT2D eigenvalue weighted by Crippen LogP contribution is 2.23. The summed E-state index contributed by atoms with van der Waals surface area (Å²) in [5.74, 6) is 1.21. The van der Waals surface area contributed by atoms with Gasteiger partial charge in [-0.15, -0.1) is 0 Å². The van der Waals surface area contributed by atoms with Crippen LogP contribution in [0.25, 0.3) is 0 Å². The fourth-order valence-electron chi connectivity index (χ4n) is 2.57. The molecule has 0 bridgehead atoms. The van der Waals surface area contributed by atoms with E-state index < -0.39 is 5.60 Å². The van der Waals surface area contributed by atoms with E-state index in [9.17, 15) is 4.79 Å². The summed E-state index contributed by atoms with van der Waals surface area (Å²) in [6, 6.07) is 0.117. The van der Waals surface area contributed by atoms with E-state index >= 15 is 0 Å². The molecule has 1 unspecified atom stereocenters. The number of carbonyl (C=O) groups is 1. The zero-order valence-electron chi connectivity index (χ0n) is 13.8. The first kappa shape index (κ1) is 17.3. The number of carbonyl (C=O) groups excluding carboxylic acids is 1. The molecular weight excluding hydrogens is 252 g/mol. The lowest BCUT2D eigenvalue weighted by Gasteiger charge is -2.26. The molecular formula is C16H32N2O2. The maximum Gasteiger partial charge on any atom is 0.407 e. The average Bonchev–Trinajstić information content (AvgIpc) is 2.77. The van der Waals surface area contributed by atoms with Gasteiger partial charge in [-0.2, -0.15) is 0 Å². The van der Waals surface area contributed by atoms with Gasteiger partial charge in [0.1, 0.15) is 5.60 Å². The van der Waals surface area contributed by atoms with Crippen LogP contribution in [0.3, 0.4) is 0 Å². The Bertz CT molecular complexity index is 291. The van der Waals surface area contributed by atoms with Gasteiger partial charge in [-0.1, -0.05) is 26.7 Å². The van der Waals surface area contributed by atoms with E-state index in [1.54, 1.807) is 0 Å². The second kappa shape index (κ2) is 7.87. The topological polar surface area (TPSA) is 50.4 Å². The van der Waals surface area contributed by atoms with Crippen molar-refractivity contribution in [2.24, 2.45) is 11.8 Å². The first-order valence-electron chi connectivity index (χ1n) is 7.98. The molecule has 1 aliphatic rings.